The van der Waals surface area contributed by atoms with Crippen molar-refractivity contribution in [2.45, 2.75) is 32.1 Å². The molecule has 1 heterocycles. The number of hydrogen-bond acceptors (Lipinski definition) is 5. The van der Waals surface area contributed by atoms with Gasteiger partial charge in [-0.1, -0.05) is 12.1 Å². The standard InChI is InChI=1S/C17H24N4O4S/c1-4-25-15-7-5-14(6-8-15)11-16(22)18-9-10-19-26(23,24)17-12(2)20-21-13(17)3/h5-8,19H,4,9-11H2,1-3H3,(H,18,22)(H,20,21). The Labute approximate surface area is 153 Å². The van der Waals surface area contributed by atoms with Crippen LogP contribution in [0.15, 0.2) is 29.2 Å². The molecule has 1 amide bonds. The summed E-state index contributed by atoms with van der Waals surface area (Å²) in [6, 6.07) is 7.29. The molecule has 8 nitrogen and oxygen atoms in total. The second-order valence-corrected chi connectivity index (χ2v) is 7.47. The molecular weight excluding hydrogens is 356 g/mol. The smallest absolute Gasteiger partial charge is 0.244 e. The molecule has 3 N–H and O–H groups in total. The molecule has 1 aromatic carbocycles. The molecule has 0 aliphatic rings. The van der Waals surface area contributed by atoms with Crippen LogP contribution in [0.25, 0.3) is 0 Å². The minimum absolute atomic E-state index is 0.0986. The molecule has 1 aromatic heterocycles. The highest BCUT2D eigenvalue weighted by molar-refractivity contribution is 7.89. The van der Waals surface area contributed by atoms with Gasteiger partial charge >= 0.3 is 0 Å². The number of carbonyl (C=O) groups excluding carboxylic acids is 1. The number of aryl methyl sites for hydroxylation is 2. The van der Waals surface area contributed by atoms with E-state index in [-0.39, 0.29) is 30.3 Å². The highest BCUT2D eigenvalue weighted by Gasteiger charge is 2.21. The number of nitrogens with zero attached hydrogens (tertiary/aromatic N) is 1. The summed E-state index contributed by atoms with van der Waals surface area (Å²) in [6.45, 7) is 6.06. The number of aromatic nitrogens is 2. The number of H-pyrrole nitrogens is 1. The van der Waals surface area contributed by atoms with E-state index in [1.165, 1.54) is 0 Å². The topological polar surface area (TPSA) is 113 Å². The first-order chi connectivity index (χ1) is 12.3. The molecule has 26 heavy (non-hydrogen) atoms. The van der Waals surface area contributed by atoms with Crippen LogP contribution in [0.5, 0.6) is 5.75 Å². The molecule has 0 saturated carbocycles. The number of benzene rings is 1. The van der Waals surface area contributed by atoms with Gasteiger partial charge in [0.05, 0.1) is 24.4 Å². The van der Waals surface area contributed by atoms with Crippen LogP contribution >= 0.6 is 0 Å². The summed E-state index contributed by atoms with van der Waals surface area (Å²) in [5.74, 6) is 0.583. The van der Waals surface area contributed by atoms with Gasteiger partial charge in [0.2, 0.25) is 15.9 Å². The van der Waals surface area contributed by atoms with E-state index in [0.717, 1.165) is 11.3 Å². The Kier molecular flexibility index (Phi) is 6.76. The first kappa shape index (κ1) is 19.9. The van der Waals surface area contributed by atoms with E-state index in [0.29, 0.717) is 18.0 Å². The van der Waals surface area contributed by atoms with E-state index in [4.69, 9.17) is 4.74 Å². The largest absolute Gasteiger partial charge is 0.494 e. The Balaban J connectivity index is 1.78. The molecule has 0 fully saturated rings. The molecule has 0 radical (unpaired) electrons. The number of rotatable bonds is 9. The van der Waals surface area contributed by atoms with E-state index in [1.807, 2.05) is 31.2 Å². The fourth-order valence-corrected chi connectivity index (χ4v) is 3.91. The van der Waals surface area contributed by atoms with Crippen molar-refractivity contribution in [3.8, 4) is 5.75 Å². The monoisotopic (exact) mass is 380 g/mol. The van der Waals surface area contributed by atoms with Gasteiger partial charge in [0.15, 0.2) is 0 Å². The minimum atomic E-state index is -3.65. The van der Waals surface area contributed by atoms with Crippen molar-refractivity contribution < 1.29 is 17.9 Å². The average molecular weight is 380 g/mol. The van der Waals surface area contributed by atoms with Crippen LogP contribution < -0.4 is 14.8 Å². The zero-order chi connectivity index (χ0) is 19.2. The second kappa shape index (κ2) is 8.81. The summed E-state index contributed by atoms with van der Waals surface area (Å²) >= 11 is 0. The Hall–Kier alpha value is -2.39. The van der Waals surface area contributed by atoms with Gasteiger partial charge in [0.25, 0.3) is 0 Å². The molecule has 2 aromatic rings. The fraction of sp³-hybridized carbons (Fsp3) is 0.412. The Bertz CT molecular complexity index is 825. The zero-order valence-corrected chi connectivity index (χ0v) is 15.9. The second-order valence-electron chi connectivity index (χ2n) is 5.76. The molecule has 0 saturated heterocycles. The van der Waals surface area contributed by atoms with Crippen molar-refractivity contribution in [3.63, 3.8) is 0 Å². The van der Waals surface area contributed by atoms with Gasteiger partial charge in [-0.05, 0) is 38.5 Å². The number of hydrogen-bond donors (Lipinski definition) is 3. The first-order valence-electron chi connectivity index (χ1n) is 8.33. The van der Waals surface area contributed by atoms with Gasteiger partial charge in [-0.2, -0.15) is 5.10 Å². The molecule has 0 atom stereocenters. The summed E-state index contributed by atoms with van der Waals surface area (Å²) in [4.78, 5) is 12.1. The van der Waals surface area contributed by atoms with Crippen LogP contribution in [0.1, 0.15) is 23.9 Å². The fourth-order valence-electron chi connectivity index (χ4n) is 2.51. The first-order valence-corrected chi connectivity index (χ1v) is 9.81. The van der Waals surface area contributed by atoms with Gasteiger partial charge in [-0.3, -0.25) is 9.89 Å². The predicted molar refractivity (Wildman–Crippen MR) is 97.6 cm³/mol. The SMILES string of the molecule is CCOc1ccc(CC(=O)NCCNS(=O)(=O)c2c(C)n[nH]c2C)cc1. The van der Waals surface area contributed by atoms with Crippen LogP contribution in [-0.4, -0.2) is 44.2 Å². The molecule has 142 valence electrons. The van der Waals surface area contributed by atoms with Crippen molar-refractivity contribution in [1.29, 1.82) is 0 Å². The quantitative estimate of drug-likeness (QED) is 0.563. The molecule has 0 aliphatic carbocycles. The Morgan fingerprint density at radius 1 is 1.19 bits per heavy atom. The van der Waals surface area contributed by atoms with Crippen molar-refractivity contribution >= 4 is 15.9 Å². The third-order valence-corrected chi connectivity index (χ3v) is 5.39. The lowest BCUT2D eigenvalue weighted by molar-refractivity contribution is -0.120. The highest BCUT2D eigenvalue weighted by atomic mass is 32.2. The molecule has 0 bridgehead atoms. The number of aromatic amines is 1. The molecule has 2 rings (SSSR count). The predicted octanol–water partition coefficient (Wildman–Crippen LogP) is 1.06. The summed E-state index contributed by atoms with van der Waals surface area (Å²) in [5, 5.41) is 9.22. The van der Waals surface area contributed by atoms with Gasteiger partial charge in [-0.15, -0.1) is 0 Å². The van der Waals surface area contributed by atoms with Crippen LogP contribution in [0.4, 0.5) is 0 Å². The normalized spacial score (nSPS) is 11.3. The maximum atomic E-state index is 12.3. The summed E-state index contributed by atoms with van der Waals surface area (Å²) in [7, 11) is -3.65. The van der Waals surface area contributed by atoms with Gasteiger partial charge in [-0.25, -0.2) is 13.1 Å². The molecule has 0 unspecified atom stereocenters. The molecule has 0 aliphatic heterocycles. The lowest BCUT2D eigenvalue weighted by atomic mass is 10.1. The van der Waals surface area contributed by atoms with Gasteiger partial charge in [0, 0.05) is 13.1 Å². The van der Waals surface area contributed by atoms with Gasteiger partial charge < -0.3 is 10.1 Å². The number of sulfonamides is 1. The number of nitrogens with one attached hydrogen (secondary N) is 3. The maximum Gasteiger partial charge on any atom is 0.244 e. The highest BCUT2D eigenvalue weighted by Crippen LogP contribution is 2.15. The third-order valence-electron chi connectivity index (χ3n) is 3.67. The molecule has 9 heteroatoms. The van der Waals surface area contributed by atoms with Gasteiger partial charge in [0.1, 0.15) is 10.6 Å². The summed E-state index contributed by atoms with van der Waals surface area (Å²) < 4.78 is 32.3. The maximum absolute atomic E-state index is 12.3. The van der Waals surface area contributed by atoms with Crippen molar-refractivity contribution in [3.05, 3.63) is 41.2 Å². The molecule has 0 spiro atoms. The van der Waals surface area contributed by atoms with Crippen LogP contribution in [0.3, 0.4) is 0 Å². The lowest BCUT2D eigenvalue weighted by Gasteiger charge is -2.09. The summed E-state index contributed by atoms with van der Waals surface area (Å²) in [6.07, 6.45) is 0.221. The number of ether oxygens (including phenoxy) is 1. The van der Waals surface area contributed by atoms with Crippen molar-refractivity contribution in [1.82, 2.24) is 20.2 Å². The average Bonchev–Trinajstić information content (AvgIpc) is 2.93. The van der Waals surface area contributed by atoms with Crippen molar-refractivity contribution in [2.24, 2.45) is 0 Å². The van der Waals surface area contributed by atoms with Crippen LogP contribution in [0.2, 0.25) is 0 Å². The minimum Gasteiger partial charge on any atom is -0.494 e. The Morgan fingerprint density at radius 3 is 2.46 bits per heavy atom. The lowest BCUT2D eigenvalue weighted by Crippen LogP contribution is -2.35. The van der Waals surface area contributed by atoms with E-state index >= 15 is 0 Å². The van der Waals surface area contributed by atoms with Crippen LogP contribution in [-0.2, 0) is 21.2 Å². The summed E-state index contributed by atoms with van der Waals surface area (Å²) in [5.41, 5.74) is 1.75. The van der Waals surface area contributed by atoms with E-state index in [1.54, 1.807) is 13.8 Å². The van der Waals surface area contributed by atoms with E-state index < -0.39 is 10.0 Å². The van der Waals surface area contributed by atoms with Crippen LogP contribution in [0, 0.1) is 13.8 Å². The zero-order valence-electron chi connectivity index (χ0n) is 15.1. The van der Waals surface area contributed by atoms with E-state index in [9.17, 15) is 13.2 Å². The van der Waals surface area contributed by atoms with Crippen molar-refractivity contribution in [2.75, 3.05) is 19.7 Å². The number of amides is 1. The Morgan fingerprint density at radius 2 is 1.88 bits per heavy atom. The number of carbonyl (C=O) groups is 1. The molecular formula is C17H24N4O4S. The van der Waals surface area contributed by atoms with E-state index in [2.05, 4.69) is 20.2 Å². The third kappa shape index (κ3) is 5.30.